The second-order valence-electron chi connectivity index (χ2n) is 8.62. The van der Waals surface area contributed by atoms with E-state index in [2.05, 4.69) is 9.80 Å². The van der Waals surface area contributed by atoms with Crippen LogP contribution in [0.4, 0.5) is 8.78 Å². The van der Waals surface area contributed by atoms with Crippen molar-refractivity contribution in [2.45, 2.75) is 82.2 Å². The van der Waals surface area contributed by atoms with E-state index in [9.17, 15) is 13.6 Å². The Hall–Kier alpha value is -0.710. The zero-order chi connectivity index (χ0) is 16.7. The lowest BCUT2D eigenvalue weighted by Crippen LogP contribution is -2.62. The van der Waals surface area contributed by atoms with Gasteiger partial charge in [0.25, 0.3) is 0 Å². The van der Waals surface area contributed by atoms with E-state index in [1.165, 1.54) is 25.7 Å². The van der Waals surface area contributed by atoms with Crippen molar-refractivity contribution in [1.29, 1.82) is 0 Å². The van der Waals surface area contributed by atoms with Gasteiger partial charge in [0, 0.05) is 32.0 Å². The Morgan fingerprint density at radius 1 is 1.04 bits per heavy atom. The Morgan fingerprint density at radius 2 is 1.75 bits per heavy atom. The Labute approximate surface area is 143 Å². The largest absolute Gasteiger partial charge is 0.341 e. The van der Waals surface area contributed by atoms with Crippen molar-refractivity contribution in [3.05, 3.63) is 0 Å². The average Bonchev–Trinajstić information content (AvgIpc) is 3.06. The zero-order valence-corrected chi connectivity index (χ0v) is 14.6. The number of hydrogen-bond acceptors (Lipinski definition) is 2. The van der Waals surface area contributed by atoms with Gasteiger partial charge in [-0.1, -0.05) is 12.8 Å². The van der Waals surface area contributed by atoms with E-state index in [0.717, 1.165) is 32.5 Å². The van der Waals surface area contributed by atoms with Gasteiger partial charge in [-0.25, -0.2) is 8.78 Å². The average molecular weight is 340 g/mol. The van der Waals surface area contributed by atoms with Gasteiger partial charge in [0.05, 0.1) is 6.04 Å². The maximum Gasteiger partial charge on any atom is 0.248 e. The van der Waals surface area contributed by atoms with Gasteiger partial charge in [-0.2, -0.15) is 0 Å². The predicted molar refractivity (Wildman–Crippen MR) is 89.0 cm³/mol. The number of nitrogens with zero attached hydrogens (tertiary/aromatic N) is 2. The van der Waals surface area contributed by atoms with E-state index in [1.54, 1.807) is 0 Å². The van der Waals surface area contributed by atoms with Crippen LogP contribution >= 0.6 is 0 Å². The first-order chi connectivity index (χ1) is 11.5. The number of amides is 1. The van der Waals surface area contributed by atoms with Gasteiger partial charge in [-0.3, -0.25) is 9.69 Å². The van der Waals surface area contributed by atoms with Crippen LogP contribution in [0.3, 0.4) is 0 Å². The van der Waals surface area contributed by atoms with Crippen LogP contribution < -0.4 is 0 Å². The molecule has 0 radical (unpaired) electrons. The molecule has 2 atom stereocenters. The molecular weight excluding hydrogens is 310 g/mol. The van der Waals surface area contributed by atoms with Crippen molar-refractivity contribution in [2.75, 3.05) is 19.6 Å². The highest BCUT2D eigenvalue weighted by molar-refractivity contribution is 5.83. The molecule has 0 N–H and O–H groups in total. The van der Waals surface area contributed by atoms with E-state index in [1.807, 2.05) is 0 Å². The first-order valence-electron chi connectivity index (χ1n) is 9.94. The molecule has 0 spiro atoms. The predicted octanol–water partition coefficient (Wildman–Crippen LogP) is 3.68. The Morgan fingerprint density at radius 3 is 2.46 bits per heavy atom. The molecule has 5 heteroatoms. The summed E-state index contributed by atoms with van der Waals surface area (Å²) in [7, 11) is 0. The quantitative estimate of drug-likeness (QED) is 0.782. The molecule has 0 aromatic rings. The first-order valence-corrected chi connectivity index (χ1v) is 9.94. The van der Waals surface area contributed by atoms with Gasteiger partial charge in [0.1, 0.15) is 0 Å². The van der Waals surface area contributed by atoms with E-state index in [0.29, 0.717) is 24.7 Å². The highest BCUT2D eigenvalue weighted by atomic mass is 19.3. The van der Waals surface area contributed by atoms with Gasteiger partial charge in [0.15, 0.2) is 0 Å². The molecule has 1 amide bonds. The highest BCUT2D eigenvalue weighted by Gasteiger charge is 2.46. The molecule has 0 aromatic carbocycles. The van der Waals surface area contributed by atoms with Crippen molar-refractivity contribution >= 4 is 5.91 Å². The Kier molecular flexibility index (Phi) is 4.57. The van der Waals surface area contributed by atoms with Gasteiger partial charge in [0.2, 0.25) is 11.8 Å². The fourth-order valence-electron chi connectivity index (χ4n) is 5.54. The maximum absolute atomic E-state index is 13.5. The van der Waals surface area contributed by atoms with Crippen LogP contribution in [-0.2, 0) is 4.79 Å². The summed E-state index contributed by atoms with van der Waals surface area (Å²) in [6.45, 7) is 2.79. The van der Waals surface area contributed by atoms with Crippen LogP contribution in [0.1, 0.15) is 64.2 Å². The van der Waals surface area contributed by atoms with Crippen LogP contribution in [0.25, 0.3) is 0 Å². The number of halogens is 2. The molecule has 2 aliphatic heterocycles. The molecule has 4 aliphatic rings. The molecule has 2 saturated heterocycles. The molecule has 136 valence electrons. The van der Waals surface area contributed by atoms with Crippen molar-refractivity contribution < 1.29 is 13.6 Å². The third kappa shape index (κ3) is 3.33. The molecule has 4 rings (SSSR count). The molecule has 2 aliphatic carbocycles. The van der Waals surface area contributed by atoms with Crippen molar-refractivity contribution in [1.82, 2.24) is 9.80 Å². The molecule has 2 heterocycles. The number of likely N-dealkylation sites (tertiary alicyclic amines) is 2. The molecule has 0 aromatic heterocycles. The topological polar surface area (TPSA) is 23.6 Å². The minimum absolute atomic E-state index is 0.00963. The summed E-state index contributed by atoms with van der Waals surface area (Å²) < 4.78 is 26.9. The van der Waals surface area contributed by atoms with Crippen LogP contribution in [0.2, 0.25) is 0 Å². The summed E-state index contributed by atoms with van der Waals surface area (Å²) in [6.07, 6.45) is 8.29. The number of piperidine rings is 2. The van der Waals surface area contributed by atoms with Crippen LogP contribution in [-0.4, -0.2) is 53.3 Å². The minimum Gasteiger partial charge on any atom is -0.341 e. The fourth-order valence-corrected chi connectivity index (χ4v) is 5.54. The van der Waals surface area contributed by atoms with Gasteiger partial charge < -0.3 is 4.90 Å². The normalized spacial score (nSPS) is 35.6. The molecule has 3 nitrogen and oxygen atoms in total. The second kappa shape index (κ2) is 6.54. The van der Waals surface area contributed by atoms with E-state index >= 15 is 0 Å². The third-order valence-electron chi connectivity index (χ3n) is 6.94. The number of rotatable bonds is 3. The summed E-state index contributed by atoms with van der Waals surface area (Å²) >= 11 is 0. The maximum atomic E-state index is 13.5. The number of carbonyl (C=O) groups is 1. The van der Waals surface area contributed by atoms with E-state index < -0.39 is 5.92 Å². The SMILES string of the molecule is O=C1[C@H]2C[C@H](CCN2C2CCC(F)(F)CC2)CN1CC1CCCC1. The van der Waals surface area contributed by atoms with Gasteiger partial charge >= 0.3 is 0 Å². The van der Waals surface area contributed by atoms with Crippen molar-refractivity contribution in [3.63, 3.8) is 0 Å². The van der Waals surface area contributed by atoms with Gasteiger partial charge in [-0.05, 0) is 56.9 Å². The van der Waals surface area contributed by atoms with Crippen LogP contribution in [0.5, 0.6) is 0 Å². The van der Waals surface area contributed by atoms with Crippen molar-refractivity contribution in [2.24, 2.45) is 11.8 Å². The third-order valence-corrected chi connectivity index (χ3v) is 6.94. The monoisotopic (exact) mass is 340 g/mol. The lowest BCUT2D eigenvalue weighted by Gasteiger charge is -2.50. The summed E-state index contributed by atoms with van der Waals surface area (Å²) in [4.78, 5) is 17.5. The smallest absolute Gasteiger partial charge is 0.248 e. The van der Waals surface area contributed by atoms with E-state index in [-0.39, 0.29) is 30.8 Å². The van der Waals surface area contributed by atoms with Gasteiger partial charge in [-0.15, -0.1) is 0 Å². The lowest BCUT2D eigenvalue weighted by molar-refractivity contribution is -0.150. The molecule has 4 fully saturated rings. The molecule has 2 bridgehead atoms. The zero-order valence-electron chi connectivity index (χ0n) is 14.6. The first kappa shape index (κ1) is 16.7. The summed E-state index contributed by atoms with van der Waals surface area (Å²) in [5.74, 6) is -0.889. The molecule has 2 saturated carbocycles. The second-order valence-corrected chi connectivity index (χ2v) is 8.62. The summed E-state index contributed by atoms with van der Waals surface area (Å²) in [5.41, 5.74) is 0. The number of fused-ring (bicyclic) bond motifs is 2. The highest BCUT2D eigenvalue weighted by Crippen LogP contribution is 2.39. The lowest BCUT2D eigenvalue weighted by atomic mass is 9.82. The number of hydrogen-bond donors (Lipinski definition) is 0. The Balaban J connectivity index is 1.42. The standard InChI is InChI=1S/C19H30F2N2O/c20-19(21)8-5-16(6-9-19)23-10-7-15-11-17(23)18(24)22(13-15)12-14-3-1-2-4-14/h14-17H,1-13H2/t15-,17+/m0/s1. The number of alkyl halides is 2. The summed E-state index contributed by atoms with van der Waals surface area (Å²) in [5, 5.41) is 0. The van der Waals surface area contributed by atoms with Crippen molar-refractivity contribution in [3.8, 4) is 0 Å². The van der Waals surface area contributed by atoms with Crippen LogP contribution in [0, 0.1) is 11.8 Å². The van der Waals surface area contributed by atoms with E-state index in [4.69, 9.17) is 0 Å². The molecule has 24 heavy (non-hydrogen) atoms. The fraction of sp³-hybridized carbons (Fsp3) is 0.947. The Bertz CT molecular complexity index is 468. The minimum atomic E-state index is -2.49. The molecule has 0 unspecified atom stereocenters. The number of carbonyl (C=O) groups excluding carboxylic acids is 1. The van der Waals surface area contributed by atoms with Crippen LogP contribution in [0.15, 0.2) is 0 Å². The molecular formula is C19H30F2N2O. The summed E-state index contributed by atoms with van der Waals surface area (Å²) in [6, 6.07) is 0.154.